The summed E-state index contributed by atoms with van der Waals surface area (Å²) >= 11 is 0. The van der Waals surface area contributed by atoms with Gasteiger partial charge in [-0.25, -0.2) is 0 Å². The molecule has 4 heteroatoms. The minimum Gasteiger partial charge on any atom is -0.295 e. The average molecular weight is 306 g/mol. The maximum absolute atomic E-state index is 4.25. The highest BCUT2D eigenvalue weighted by Crippen LogP contribution is 2.23. The van der Waals surface area contributed by atoms with E-state index in [1.165, 1.54) is 16.7 Å². The summed E-state index contributed by atoms with van der Waals surface area (Å²) in [6.07, 6.45) is 7.70. The Hall–Kier alpha value is -2.46. The SMILES string of the molecule is C[C@@H](c1cccnc1)N(C)Cc1cccc(-c2cnn(C)c2)c1. The normalized spacial score (nSPS) is 12.5. The monoisotopic (exact) mass is 306 g/mol. The third-order valence-electron chi connectivity index (χ3n) is 4.23. The van der Waals surface area contributed by atoms with E-state index in [1.54, 1.807) is 0 Å². The van der Waals surface area contributed by atoms with E-state index in [0.717, 1.165) is 12.1 Å². The van der Waals surface area contributed by atoms with Gasteiger partial charge in [0.25, 0.3) is 0 Å². The molecule has 0 aliphatic carbocycles. The first-order valence-electron chi connectivity index (χ1n) is 7.81. The van der Waals surface area contributed by atoms with Crippen molar-refractivity contribution in [2.24, 2.45) is 7.05 Å². The van der Waals surface area contributed by atoms with Crippen LogP contribution < -0.4 is 0 Å². The van der Waals surface area contributed by atoms with Gasteiger partial charge in [-0.2, -0.15) is 5.10 Å². The molecule has 0 amide bonds. The summed E-state index contributed by atoms with van der Waals surface area (Å²) in [6, 6.07) is 13.1. The molecule has 3 aromatic rings. The number of benzene rings is 1. The summed E-state index contributed by atoms with van der Waals surface area (Å²) < 4.78 is 1.83. The van der Waals surface area contributed by atoms with E-state index in [2.05, 4.69) is 59.3 Å². The lowest BCUT2D eigenvalue weighted by Gasteiger charge is -2.25. The standard InChI is InChI=1S/C19H22N4/c1-15(18-8-5-9-20-11-18)22(2)13-16-6-4-7-17(10-16)19-12-21-23(3)14-19/h4-12,14-15H,13H2,1-3H3/t15-/m0/s1. The van der Waals surface area contributed by atoms with Crippen LogP contribution in [0, 0.1) is 0 Å². The molecule has 0 spiro atoms. The molecule has 0 fully saturated rings. The molecule has 0 radical (unpaired) electrons. The highest BCUT2D eigenvalue weighted by Gasteiger charge is 2.12. The van der Waals surface area contributed by atoms with Crippen molar-refractivity contribution in [3.05, 3.63) is 72.3 Å². The highest BCUT2D eigenvalue weighted by atomic mass is 15.2. The zero-order valence-corrected chi connectivity index (χ0v) is 13.8. The van der Waals surface area contributed by atoms with Crippen LogP contribution in [0.4, 0.5) is 0 Å². The summed E-state index contributed by atoms with van der Waals surface area (Å²) in [6.45, 7) is 3.10. The molecule has 118 valence electrons. The lowest BCUT2D eigenvalue weighted by molar-refractivity contribution is 0.253. The molecular weight excluding hydrogens is 284 g/mol. The summed E-state index contributed by atoms with van der Waals surface area (Å²) in [4.78, 5) is 6.55. The van der Waals surface area contributed by atoms with Gasteiger partial charge < -0.3 is 0 Å². The van der Waals surface area contributed by atoms with Crippen molar-refractivity contribution in [2.75, 3.05) is 7.05 Å². The molecule has 4 nitrogen and oxygen atoms in total. The van der Waals surface area contributed by atoms with Crippen molar-refractivity contribution >= 4 is 0 Å². The Labute approximate surface area is 137 Å². The molecule has 0 bridgehead atoms. The van der Waals surface area contributed by atoms with Crippen LogP contribution in [-0.4, -0.2) is 26.7 Å². The van der Waals surface area contributed by atoms with Crippen molar-refractivity contribution < 1.29 is 0 Å². The molecule has 0 saturated heterocycles. The van der Waals surface area contributed by atoms with Gasteiger partial charge in [-0.3, -0.25) is 14.6 Å². The highest BCUT2D eigenvalue weighted by molar-refractivity contribution is 5.62. The molecule has 1 atom stereocenters. The fourth-order valence-electron chi connectivity index (χ4n) is 2.72. The van der Waals surface area contributed by atoms with Crippen molar-refractivity contribution in [3.8, 4) is 11.1 Å². The van der Waals surface area contributed by atoms with Crippen LogP contribution in [0.15, 0.2) is 61.2 Å². The van der Waals surface area contributed by atoms with Crippen molar-refractivity contribution in [2.45, 2.75) is 19.5 Å². The van der Waals surface area contributed by atoms with E-state index in [-0.39, 0.29) is 0 Å². The average Bonchev–Trinajstić information content (AvgIpc) is 3.02. The fourth-order valence-corrected chi connectivity index (χ4v) is 2.72. The summed E-state index contributed by atoms with van der Waals surface area (Å²) in [5, 5.41) is 4.25. The third kappa shape index (κ3) is 3.66. The second kappa shape index (κ2) is 6.75. The van der Waals surface area contributed by atoms with Crippen LogP contribution in [0.2, 0.25) is 0 Å². The molecule has 23 heavy (non-hydrogen) atoms. The number of nitrogens with zero attached hydrogens (tertiary/aromatic N) is 4. The second-order valence-electron chi connectivity index (χ2n) is 5.98. The summed E-state index contributed by atoms with van der Waals surface area (Å²) in [5.74, 6) is 0. The van der Waals surface area contributed by atoms with Crippen molar-refractivity contribution in [1.82, 2.24) is 19.7 Å². The molecular formula is C19H22N4. The molecule has 0 saturated carbocycles. The van der Waals surface area contributed by atoms with Gasteiger partial charge in [-0.05, 0) is 42.8 Å². The number of hydrogen-bond acceptors (Lipinski definition) is 3. The number of hydrogen-bond donors (Lipinski definition) is 0. The number of pyridine rings is 1. The van der Waals surface area contributed by atoms with Gasteiger partial charge in [0.2, 0.25) is 0 Å². The Balaban J connectivity index is 1.75. The summed E-state index contributed by atoms with van der Waals surface area (Å²) in [7, 11) is 4.09. The molecule has 0 N–H and O–H groups in total. The molecule has 0 aliphatic rings. The molecule has 2 aromatic heterocycles. The Morgan fingerprint density at radius 1 is 1.13 bits per heavy atom. The van der Waals surface area contributed by atoms with Gasteiger partial charge in [-0.15, -0.1) is 0 Å². The van der Waals surface area contributed by atoms with Gasteiger partial charge >= 0.3 is 0 Å². The van der Waals surface area contributed by atoms with E-state index >= 15 is 0 Å². The summed E-state index contributed by atoms with van der Waals surface area (Å²) in [5.41, 5.74) is 4.89. The van der Waals surface area contributed by atoms with Gasteiger partial charge in [-0.1, -0.05) is 24.3 Å². The van der Waals surface area contributed by atoms with Crippen molar-refractivity contribution in [1.29, 1.82) is 0 Å². The fraction of sp³-hybridized carbons (Fsp3) is 0.263. The predicted octanol–water partition coefficient (Wildman–Crippen LogP) is 3.68. The first kappa shape index (κ1) is 15.4. The van der Waals surface area contributed by atoms with E-state index in [1.807, 2.05) is 42.6 Å². The van der Waals surface area contributed by atoms with Gasteiger partial charge in [0, 0.05) is 43.8 Å². The largest absolute Gasteiger partial charge is 0.295 e. The first-order chi connectivity index (χ1) is 11.1. The second-order valence-corrected chi connectivity index (χ2v) is 5.98. The van der Waals surface area contributed by atoms with Crippen LogP contribution >= 0.6 is 0 Å². The predicted molar refractivity (Wildman–Crippen MR) is 92.8 cm³/mol. The Bertz CT molecular complexity index is 764. The zero-order valence-electron chi connectivity index (χ0n) is 13.8. The first-order valence-corrected chi connectivity index (χ1v) is 7.81. The molecule has 0 unspecified atom stereocenters. The van der Waals surface area contributed by atoms with Gasteiger partial charge in [0.15, 0.2) is 0 Å². The lowest BCUT2D eigenvalue weighted by atomic mass is 10.0. The molecule has 2 heterocycles. The maximum atomic E-state index is 4.25. The van der Waals surface area contributed by atoms with E-state index in [4.69, 9.17) is 0 Å². The van der Waals surface area contributed by atoms with Crippen LogP contribution in [0.1, 0.15) is 24.1 Å². The number of aryl methyl sites for hydroxylation is 1. The van der Waals surface area contributed by atoms with Crippen LogP contribution in [0.3, 0.4) is 0 Å². The minimum atomic E-state index is 0.325. The van der Waals surface area contributed by atoms with Gasteiger partial charge in [0.05, 0.1) is 6.20 Å². The number of rotatable bonds is 5. The van der Waals surface area contributed by atoms with E-state index in [0.29, 0.717) is 6.04 Å². The smallest absolute Gasteiger partial charge is 0.0568 e. The number of aromatic nitrogens is 3. The van der Waals surface area contributed by atoms with Crippen LogP contribution in [0.5, 0.6) is 0 Å². The Morgan fingerprint density at radius 2 is 2.00 bits per heavy atom. The Morgan fingerprint density at radius 3 is 2.70 bits per heavy atom. The molecule has 0 aliphatic heterocycles. The minimum absolute atomic E-state index is 0.325. The Kier molecular flexibility index (Phi) is 4.53. The third-order valence-corrected chi connectivity index (χ3v) is 4.23. The van der Waals surface area contributed by atoms with Gasteiger partial charge in [0.1, 0.15) is 0 Å². The van der Waals surface area contributed by atoms with Crippen LogP contribution in [0.25, 0.3) is 11.1 Å². The zero-order chi connectivity index (χ0) is 16.2. The van der Waals surface area contributed by atoms with Crippen LogP contribution in [-0.2, 0) is 13.6 Å². The lowest BCUT2D eigenvalue weighted by Crippen LogP contribution is -2.22. The van der Waals surface area contributed by atoms with E-state index in [9.17, 15) is 0 Å². The quantitative estimate of drug-likeness (QED) is 0.721. The van der Waals surface area contributed by atoms with E-state index < -0.39 is 0 Å². The molecule has 3 rings (SSSR count). The molecule has 1 aromatic carbocycles. The van der Waals surface area contributed by atoms with Crippen molar-refractivity contribution in [3.63, 3.8) is 0 Å². The topological polar surface area (TPSA) is 34.0 Å². The maximum Gasteiger partial charge on any atom is 0.0568 e.